The van der Waals surface area contributed by atoms with Crippen molar-refractivity contribution in [3.8, 4) is 11.3 Å². The highest BCUT2D eigenvalue weighted by Gasteiger charge is 2.16. The molecule has 0 radical (unpaired) electrons. The summed E-state index contributed by atoms with van der Waals surface area (Å²) >= 11 is 5.21. The Bertz CT molecular complexity index is 1370. The number of carbonyl (C=O) groups excluding carboxylic acids is 2. The molecule has 2 aromatic carbocycles. The molecule has 0 saturated heterocycles. The van der Waals surface area contributed by atoms with Crippen molar-refractivity contribution in [3.05, 3.63) is 76.3 Å². The number of carbonyl (C=O) groups is 2. The van der Waals surface area contributed by atoms with Crippen LogP contribution in [0, 0.1) is 11.7 Å². The fraction of sp³-hybridized carbons (Fsp3) is 0.208. The lowest BCUT2D eigenvalue weighted by Gasteiger charge is -2.12. The van der Waals surface area contributed by atoms with E-state index in [0.29, 0.717) is 39.2 Å². The number of hydrazine groups is 1. The lowest BCUT2D eigenvalue weighted by molar-refractivity contribution is -0.122. The lowest BCUT2D eigenvalue weighted by Crippen LogP contribution is -2.43. The summed E-state index contributed by atoms with van der Waals surface area (Å²) in [4.78, 5) is 30.2. The van der Waals surface area contributed by atoms with E-state index < -0.39 is 11.8 Å². The van der Waals surface area contributed by atoms with E-state index in [1.165, 1.54) is 0 Å². The molecule has 0 aliphatic heterocycles. The number of H-pyrrole nitrogens is 1. The molecule has 3 N–H and O–H groups in total. The average Bonchev–Trinajstić information content (AvgIpc) is 3.16. The molecular weight excluding hydrogens is 436 g/mol. The number of aromatic amines is 1. The van der Waals surface area contributed by atoms with Crippen molar-refractivity contribution < 1.29 is 9.59 Å². The van der Waals surface area contributed by atoms with Crippen LogP contribution < -0.4 is 10.9 Å². The number of nitrogens with zero attached hydrogens (tertiary/aromatic N) is 3. The summed E-state index contributed by atoms with van der Waals surface area (Å²) in [5, 5.41) is 7.55. The standard InChI is InChI=1S/C24H24N6O2S/c1-3-6-21-26-29-24(33)30(21)14-22(31)27-28-23(32)18-13-20(16-11-9-15(2)10-12-16)25-19-8-5-4-7-17(18)19/h4-5,7-13H,3,6,14H2,1-2H3,(H,27,31)(H,28,32)(H,29,33). The molecule has 2 heterocycles. The number of pyridine rings is 1. The summed E-state index contributed by atoms with van der Waals surface area (Å²) in [6.07, 6.45) is 1.56. The highest BCUT2D eigenvalue weighted by molar-refractivity contribution is 7.71. The van der Waals surface area contributed by atoms with Gasteiger partial charge in [-0.05, 0) is 37.7 Å². The second-order valence-electron chi connectivity index (χ2n) is 7.72. The van der Waals surface area contributed by atoms with Crippen molar-refractivity contribution >= 4 is 34.9 Å². The number of aromatic nitrogens is 4. The highest BCUT2D eigenvalue weighted by Crippen LogP contribution is 2.25. The molecule has 33 heavy (non-hydrogen) atoms. The number of nitrogens with one attached hydrogen (secondary N) is 3. The maximum Gasteiger partial charge on any atom is 0.270 e. The molecule has 4 aromatic rings. The fourth-order valence-electron chi connectivity index (χ4n) is 3.54. The van der Waals surface area contributed by atoms with Crippen LogP contribution in [0.1, 0.15) is 35.1 Å². The molecular formula is C24H24N6O2S. The lowest BCUT2D eigenvalue weighted by atomic mass is 10.0. The third kappa shape index (κ3) is 4.98. The average molecular weight is 461 g/mol. The van der Waals surface area contributed by atoms with Gasteiger partial charge in [-0.2, -0.15) is 5.10 Å². The summed E-state index contributed by atoms with van der Waals surface area (Å²) in [7, 11) is 0. The Kier molecular flexibility index (Phi) is 6.60. The van der Waals surface area contributed by atoms with E-state index in [0.717, 1.165) is 17.5 Å². The Morgan fingerprint density at radius 2 is 1.85 bits per heavy atom. The topological polar surface area (TPSA) is 105 Å². The van der Waals surface area contributed by atoms with Gasteiger partial charge in [0.2, 0.25) is 0 Å². The molecule has 0 aliphatic carbocycles. The normalized spacial score (nSPS) is 10.8. The maximum atomic E-state index is 13.0. The van der Waals surface area contributed by atoms with Crippen molar-refractivity contribution in [3.63, 3.8) is 0 Å². The van der Waals surface area contributed by atoms with Crippen LogP contribution in [0.15, 0.2) is 54.6 Å². The molecule has 0 atom stereocenters. The van der Waals surface area contributed by atoms with Gasteiger partial charge >= 0.3 is 0 Å². The molecule has 8 nitrogen and oxygen atoms in total. The number of hydrogen-bond acceptors (Lipinski definition) is 5. The quantitative estimate of drug-likeness (QED) is 0.299. The maximum absolute atomic E-state index is 13.0. The number of rotatable bonds is 6. The summed E-state index contributed by atoms with van der Waals surface area (Å²) in [5.41, 5.74) is 8.84. The van der Waals surface area contributed by atoms with Crippen LogP contribution in [0.5, 0.6) is 0 Å². The van der Waals surface area contributed by atoms with Crippen LogP contribution in [0.2, 0.25) is 0 Å². The summed E-state index contributed by atoms with van der Waals surface area (Å²) in [6, 6.07) is 17.1. The van der Waals surface area contributed by atoms with Crippen molar-refractivity contribution in [2.75, 3.05) is 0 Å². The van der Waals surface area contributed by atoms with Gasteiger partial charge in [-0.3, -0.25) is 30.1 Å². The molecule has 4 rings (SSSR count). The Morgan fingerprint density at radius 1 is 1.09 bits per heavy atom. The first-order valence-electron chi connectivity index (χ1n) is 10.7. The van der Waals surface area contributed by atoms with Gasteiger partial charge in [0.15, 0.2) is 4.77 Å². The van der Waals surface area contributed by atoms with Crippen LogP contribution in [0.3, 0.4) is 0 Å². The largest absolute Gasteiger partial charge is 0.295 e. The van der Waals surface area contributed by atoms with Crippen molar-refractivity contribution in [1.29, 1.82) is 0 Å². The van der Waals surface area contributed by atoms with Crippen LogP contribution in [0.25, 0.3) is 22.2 Å². The minimum absolute atomic E-state index is 0.0450. The van der Waals surface area contributed by atoms with Gasteiger partial charge in [0, 0.05) is 17.4 Å². The van der Waals surface area contributed by atoms with E-state index in [9.17, 15) is 9.59 Å². The molecule has 0 unspecified atom stereocenters. The van der Waals surface area contributed by atoms with E-state index in [-0.39, 0.29) is 6.54 Å². The molecule has 0 bridgehead atoms. The van der Waals surface area contributed by atoms with Crippen LogP contribution in [-0.4, -0.2) is 31.6 Å². The van der Waals surface area contributed by atoms with Crippen molar-refractivity contribution in [2.24, 2.45) is 0 Å². The minimum atomic E-state index is -0.431. The summed E-state index contributed by atoms with van der Waals surface area (Å²) < 4.78 is 1.99. The third-order valence-corrected chi connectivity index (χ3v) is 5.55. The first-order valence-corrected chi connectivity index (χ1v) is 11.1. The Morgan fingerprint density at radius 3 is 2.61 bits per heavy atom. The van der Waals surface area contributed by atoms with Crippen molar-refractivity contribution in [2.45, 2.75) is 33.2 Å². The number of benzene rings is 2. The summed E-state index contributed by atoms with van der Waals surface area (Å²) in [5.74, 6) is -0.137. The number of aryl methyl sites for hydroxylation is 2. The summed E-state index contributed by atoms with van der Waals surface area (Å²) in [6.45, 7) is 3.99. The molecule has 2 amide bonds. The van der Waals surface area contributed by atoms with Crippen LogP contribution >= 0.6 is 12.2 Å². The fourth-order valence-corrected chi connectivity index (χ4v) is 3.76. The van der Waals surface area contributed by atoms with Gasteiger partial charge in [0.1, 0.15) is 12.4 Å². The second kappa shape index (κ2) is 9.74. The third-order valence-electron chi connectivity index (χ3n) is 5.24. The van der Waals surface area contributed by atoms with E-state index in [4.69, 9.17) is 17.2 Å². The van der Waals surface area contributed by atoms with Gasteiger partial charge in [-0.25, -0.2) is 4.98 Å². The molecule has 168 valence electrons. The van der Waals surface area contributed by atoms with Gasteiger partial charge in [0.05, 0.1) is 16.8 Å². The number of amides is 2. The zero-order chi connectivity index (χ0) is 23.4. The van der Waals surface area contributed by atoms with Gasteiger partial charge < -0.3 is 0 Å². The minimum Gasteiger partial charge on any atom is -0.295 e. The SMILES string of the molecule is CCCc1n[nH]c(=S)n1CC(=O)NNC(=O)c1cc(-c2ccc(C)cc2)nc2ccccc12. The van der Waals surface area contributed by atoms with E-state index in [1.807, 2.05) is 62.4 Å². The second-order valence-corrected chi connectivity index (χ2v) is 8.11. The Hall–Kier alpha value is -3.85. The Labute approximate surface area is 196 Å². The van der Waals surface area contributed by atoms with E-state index >= 15 is 0 Å². The Balaban J connectivity index is 1.55. The number of fused-ring (bicyclic) bond motifs is 1. The van der Waals surface area contributed by atoms with Gasteiger partial charge in [-0.1, -0.05) is 55.0 Å². The number of hydrogen-bond donors (Lipinski definition) is 3. The smallest absolute Gasteiger partial charge is 0.270 e. The monoisotopic (exact) mass is 460 g/mol. The van der Waals surface area contributed by atoms with E-state index in [1.54, 1.807) is 10.6 Å². The molecule has 9 heteroatoms. The highest BCUT2D eigenvalue weighted by atomic mass is 32.1. The molecule has 0 fully saturated rings. The molecule has 0 aliphatic rings. The zero-order valence-electron chi connectivity index (χ0n) is 18.4. The molecule has 0 saturated carbocycles. The predicted molar refractivity (Wildman–Crippen MR) is 129 cm³/mol. The molecule has 0 spiro atoms. The zero-order valence-corrected chi connectivity index (χ0v) is 19.2. The number of para-hydroxylation sites is 1. The first kappa shape index (κ1) is 22.3. The predicted octanol–water partition coefficient (Wildman–Crippen LogP) is 3.88. The van der Waals surface area contributed by atoms with Gasteiger partial charge in [-0.15, -0.1) is 0 Å². The van der Waals surface area contributed by atoms with E-state index in [2.05, 4.69) is 21.0 Å². The van der Waals surface area contributed by atoms with Crippen LogP contribution in [-0.2, 0) is 17.8 Å². The van der Waals surface area contributed by atoms with Crippen molar-refractivity contribution in [1.82, 2.24) is 30.6 Å². The van der Waals surface area contributed by atoms with Gasteiger partial charge in [0.25, 0.3) is 11.8 Å². The van der Waals surface area contributed by atoms with Crippen LogP contribution in [0.4, 0.5) is 0 Å². The molecule has 2 aromatic heterocycles. The first-order chi connectivity index (χ1) is 16.0.